The molecule has 0 bridgehead atoms. The number of anilines is 2. The van der Waals surface area contributed by atoms with E-state index in [0.717, 1.165) is 39.9 Å². The number of ether oxygens (including phenoxy) is 2. The van der Waals surface area contributed by atoms with E-state index < -0.39 is 0 Å². The molecule has 62 heavy (non-hydrogen) atoms. The minimum atomic E-state index is -0.267. The molecule has 5 heteroatoms. The Labute approximate surface area is 366 Å². The second kappa shape index (κ2) is 12.0. The molecule has 0 N–H and O–H groups in total. The number of hydrogen-bond donors (Lipinski definition) is 0. The monoisotopic (exact) mass is 808 g/mol. The minimum Gasteiger partial charge on any atom is -0.449 e. The molecule has 7 aromatic carbocycles. The fourth-order valence-corrected chi connectivity index (χ4v) is 11.2. The summed E-state index contributed by atoms with van der Waals surface area (Å²) in [6.45, 7) is 25.6. The number of benzene rings is 7. The summed E-state index contributed by atoms with van der Waals surface area (Å²) in [5.41, 5.74) is 20.3. The third kappa shape index (κ3) is 4.97. The highest BCUT2D eigenvalue weighted by Gasteiger charge is 2.50. The van der Waals surface area contributed by atoms with E-state index >= 15 is 0 Å². The van der Waals surface area contributed by atoms with Gasteiger partial charge in [-0.15, -0.1) is 0 Å². The molecule has 0 saturated carbocycles. The zero-order valence-electron chi connectivity index (χ0n) is 37.8. The molecule has 4 nitrogen and oxygen atoms in total. The first-order valence-electron chi connectivity index (χ1n) is 22.4. The standard InChI is InChI=1S/C57H53BN2O2/c1-54(2,3)32-20-24-35(25-21-32)60-43-31-47-46(61-44-18-14-15-19-45(44)62-47)30-38(43)49-48-36-16-12-13-17-39(36)57(10,11)51(48)50-37-28-33(55(4,5)6)22-26-41(37)59-42-27-23-34(56(7,8)9)29-40(42)58(60)52(49)53(50)59/h12-31H,1-11H3. The third-order valence-corrected chi connectivity index (χ3v) is 14.5. The summed E-state index contributed by atoms with van der Waals surface area (Å²) in [7, 11) is 0. The number of rotatable bonds is 1. The number of hydrogen-bond acceptors (Lipinski definition) is 3. The van der Waals surface area contributed by atoms with Crippen molar-refractivity contribution in [2.45, 2.75) is 97.8 Å². The lowest BCUT2D eigenvalue weighted by Crippen LogP contribution is -2.61. The summed E-state index contributed by atoms with van der Waals surface area (Å²) < 4.78 is 16.2. The summed E-state index contributed by atoms with van der Waals surface area (Å²) >= 11 is 0. The summed E-state index contributed by atoms with van der Waals surface area (Å²) in [5, 5.41) is 2.69. The Hall–Kier alpha value is -6.20. The van der Waals surface area contributed by atoms with E-state index in [-0.39, 0.29) is 28.5 Å². The van der Waals surface area contributed by atoms with Gasteiger partial charge in [-0.1, -0.05) is 143 Å². The number of fused-ring (bicyclic) bond motifs is 15. The molecule has 4 aliphatic rings. The topological polar surface area (TPSA) is 26.6 Å². The summed E-state index contributed by atoms with van der Waals surface area (Å²) in [6.07, 6.45) is 0. The SMILES string of the molecule is CC(C)(C)c1ccc(N2B3c4cc(C(C)(C)C)ccc4-n4c5ccc(C(C)(C)C)cc5c5c6c(c(c3c54)-c3cc4c(cc32)Oc2ccccc2O4)-c2ccccc2C6(C)C)cc1. The first-order valence-corrected chi connectivity index (χ1v) is 22.4. The molecule has 306 valence electrons. The summed E-state index contributed by atoms with van der Waals surface area (Å²) in [4.78, 5) is 2.62. The fraction of sp³-hybridized carbons (Fsp3) is 0.263. The van der Waals surface area contributed by atoms with Crippen LogP contribution in [0.3, 0.4) is 0 Å². The van der Waals surface area contributed by atoms with Gasteiger partial charge in [0.2, 0.25) is 0 Å². The van der Waals surface area contributed by atoms with Gasteiger partial charge in [0.15, 0.2) is 23.0 Å². The highest BCUT2D eigenvalue weighted by molar-refractivity contribution is 6.94. The second-order valence-corrected chi connectivity index (χ2v) is 21.8. The molecule has 0 spiro atoms. The van der Waals surface area contributed by atoms with Crippen molar-refractivity contribution < 1.29 is 9.47 Å². The Morgan fingerprint density at radius 1 is 0.532 bits per heavy atom. The van der Waals surface area contributed by atoms with Gasteiger partial charge in [-0.05, 0) is 120 Å². The van der Waals surface area contributed by atoms with Crippen LogP contribution in [0.25, 0.3) is 49.7 Å². The Morgan fingerprint density at radius 2 is 1.13 bits per heavy atom. The van der Waals surface area contributed by atoms with Crippen LogP contribution >= 0.6 is 0 Å². The van der Waals surface area contributed by atoms with Crippen molar-refractivity contribution in [1.29, 1.82) is 0 Å². The summed E-state index contributed by atoms with van der Waals surface area (Å²) in [6, 6.07) is 45.7. The maximum atomic E-state index is 6.79. The largest absolute Gasteiger partial charge is 0.449 e. The lowest BCUT2D eigenvalue weighted by molar-refractivity contribution is 0.360. The molecule has 0 amide bonds. The molecule has 4 heterocycles. The van der Waals surface area contributed by atoms with Crippen molar-refractivity contribution in [2.75, 3.05) is 4.81 Å². The van der Waals surface area contributed by atoms with Gasteiger partial charge in [0.1, 0.15) is 0 Å². The van der Waals surface area contributed by atoms with Crippen LogP contribution in [-0.4, -0.2) is 11.4 Å². The van der Waals surface area contributed by atoms with E-state index in [2.05, 4.69) is 183 Å². The maximum Gasteiger partial charge on any atom is 0.333 e. The van der Waals surface area contributed by atoms with E-state index in [1.54, 1.807) is 0 Å². The molecule has 0 unspecified atom stereocenters. The molecule has 0 saturated heterocycles. The van der Waals surface area contributed by atoms with Crippen LogP contribution in [0, 0.1) is 0 Å². The predicted molar refractivity (Wildman–Crippen MR) is 260 cm³/mol. The van der Waals surface area contributed by atoms with Crippen LogP contribution in [0.4, 0.5) is 11.4 Å². The number of nitrogens with zero attached hydrogens (tertiary/aromatic N) is 2. The van der Waals surface area contributed by atoms with Gasteiger partial charge in [-0.25, -0.2) is 0 Å². The lowest BCUT2D eigenvalue weighted by atomic mass is 9.43. The Bertz CT molecular complexity index is 3270. The molecule has 1 aromatic heterocycles. The average molecular weight is 809 g/mol. The predicted octanol–water partition coefficient (Wildman–Crippen LogP) is 14.1. The molecule has 12 rings (SSSR count). The van der Waals surface area contributed by atoms with Gasteiger partial charge in [0.05, 0.1) is 11.0 Å². The average Bonchev–Trinajstić information content (AvgIpc) is 3.69. The van der Waals surface area contributed by atoms with Gasteiger partial charge < -0.3 is 18.9 Å². The molecular formula is C57H53BN2O2. The molecule has 1 aliphatic carbocycles. The van der Waals surface area contributed by atoms with E-state index in [1.165, 1.54) is 82.9 Å². The zero-order valence-corrected chi connectivity index (χ0v) is 37.8. The van der Waals surface area contributed by atoms with E-state index in [4.69, 9.17) is 9.47 Å². The van der Waals surface area contributed by atoms with E-state index in [0.29, 0.717) is 0 Å². The van der Waals surface area contributed by atoms with Crippen molar-refractivity contribution in [1.82, 2.24) is 4.57 Å². The highest BCUT2D eigenvalue weighted by atomic mass is 16.6. The van der Waals surface area contributed by atoms with Crippen molar-refractivity contribution in [3.8, 4) is 50.9 Å². The van der Waals surface area contributed by atoms with Crippen molar-refractivity contribution in [3.05, 3.63) is 149 Å². The van der Waals surface area contributed by atoms with Crippen LogP contribution in [0.2, 0.25) is 0 Å². The molecule has 0 atom stereocenters. The molecule has 0 radical (unpaired) electrons. The van der Waals surface area contributed by atoms with Gasteiger partial charge in [0.25, 0.3) is 0 Å². The molecule has 0 fully saturated rings. The van der Waals surface area contributed by atoms with Crippen LogP contribution < -0.4 is 25.2 Å². The van der Waals surface area contributed by atoms with Gasteiger partial charge in [-0.2, -0.15) is 0 Å². The Morgan fingerprint density at radius 3 is 1.81 bits per heavy atom. The van der Waals surface area contributed by atoms with Crippen molar-refractivity contribution in [2.24, 2.45) is 0 Å². The Balaban J connectivity index is 1.31. The van der Waals surface area contributed by atoms with Crippen LogP contribution in [0.1, 0.15) is 104 Å². The third-order valence-electron chi connectivity index (χ3n) is 14.5. The fourth-order valence-electron chi connectivity index (χ4n) is 11.2. The van der Waals surface area contributed by atoms with Crippen molar-refractivity contribution >= 4 is 51.0 Å². The normalized spacial score (nSPS) is 15.3. The highest BCUT2D eigenvalue weighted by Crippen LogP contribution is 2.60. The van der Waals surface area contributed by atoms with Crippen molar-refractivity contribution in [3.63, 3.8) is 0 Å². The summed E-state index contributed by atoms with van der Waals surface area (Å²) in [5.74, 6) is 2.92. The number of para-hydroxylation sites is 2. The quantitative estimate of drug-likeness (QED) is 0.155. The second-order valence-electron chi connectivity index (χ2n) is 21.8. The van der Waals surface area contributed by atoms with Gasteiger partial charge >= 0.3 is 6.85 Å². The van der Waals surface area contributed by atoms with E-state index in [1.807, 2.05) is 24.3 Å². The lowest BCUT2D eigenvalue weighted by Gasteiger charge is -2.44. The van der Waals surface area contributed by atoms with Crippen LogP contribution in [0.15, 0.2) is 121 Å². The number of aromatic nitrogens is 1. The molecule has 8 aromatic rings. The smallest absolute Gasteiger partial charge is 0.333 e. The van der Waals surface area contributed by atoms with Crippen LogP contribution in [-0.2, 0) is 21.7 Å². The Kier molecular flexibility index (Phi) is 7.29. The van der Waals surface area contributed by atoms with Gasteiger partial charge in [-0.3, -0.25) is 0 Å². The van der Waals surface area contributed by atoms with E-state index in [9.17, 15) is 0 Å². The minimum absolute atomic E-state index is 0.0153. The molecule has 3 aliphatic heterocycles. The van der Waals surface area contributed by atoms with Crippen LogP contribution in [0.5, 0.6) is 23.0 Å². The molecular weight excluding hydrogens is 755 g/mol. The first-order chi connectivity index (χ1) is 29.4. The first kappa shape index (κ1) is 37.6. The van der Waals surface area contributed by atoms with Gasteiger partial charge in [0, 0.05) is 44.9 Å². The maximum absolute atomic E-state index is 6.79. The zero-order chi connectivity index (χ0) is 43.0.